The standard InChI is InChI=1S/C44H54N10O6S/c1-27-10-11-32(24-35(27)41(57)51-44-48-29(3)31(5)61-44)45-15-21-60-23-22-59-20-14-38(56)53-18-16-52(17-19-53)34-12-13-37(46-25-34)49-43-47-26-36-28(2)39(30(4)55)42(58)54(40(36)50-43)33-8-6-7-9-33/h10-13,24-26,33,45H,6-9,14-23H2,1-5H3,(H,48,51,57)(H,46,47,49,50). The van der Waals surface area contributed by atoms with Gasteiger partial charge in [-0.2, -0.15) is 4.98 Å². The Kier molecular flexibility index (Phi) is 14.0. The first kappa shape index (κ1) is 43.3. The number of aromatic nitrogens is 5. The van der Waals surface area contributed by atoms with E-state index in [1.54, 1.807) is 23.9 Å². The molecule has 0 bridgehead atoms. The molecule has 1 saturated carbocycles. The molecule has 5 aromatic rings. The number of rotatable bonds is 17. The number of carbonyl (C=O) groups is 3. The number of thiazole rings is 1. The van der Waals surface area contributed by atoms with E-state index in [9.17, 15) is 19.2 Å². The van der Waals surface area contributed by atoms with Crippen LogP contribution in [0.25, 0.3) is 11.0 Å². The molecule has 0 radical (unpaired) electrons. The number of fused-ring (bicyclic) bond motifs is 1. The maximum Gasteiger partial charge on any atom is 0.263 e. The van der Waals surface area contributed by atoms with Crippen molar-refractivity contribution in [2.75, 3.05) is 80.0 Å². The Morgan fingerprint density at radius 2 is 1.64 bits per heavy atom. The third kappa shape index (κ3) is 10.4. The van der Waals surface area contributed by atoms with Gasteiger partial charge in [0.25, 0.3) is 11.5 Å². The van der Waals surface area contributed by atoms with Gasteiger partial charge in [0.05, 0.1) is 56.0 Å². The van der Waals surface area contributed by atoms with Crippen molar-refractivity contribution in [1.82, 2.24) is 29.4 Å². The highest BCUT2D eigenvalue weighted by Crippen LogP contribution is 2.32. The zero-order valence-electron chi connectivity index (χ0n) is 35.5. The number of ether oxygens (including phenoxy) is 2. The number of piperazine rings is 1. The molecule has 1 aromatic carbocycles. The molecule has 3 N–H and O–H groups in total. The maximum atomic E-state index is 13.5. The molecule has 4 aromatic heterocycles. The lowest BCUT2D eigenvalue weighted by Crippen LogP contribution is -2.49. The van der Waals surface area contributed by atoms with Crippen LogP contribution in [0.4, 0.5) is 28.3 Å². The minimum atomic E-state index is -0.286. The fourth-order valence-electron chi connectivity index (χ4n) is 7.86. The third-order valence-corrected chi connectivity index (χ3v) is 12.4. The summed E-state index contributed by atoms with van der Waals surface area (Å²) in [6.07, 6.45) is 7.58. The second-order valence-corrected chi connectivity index (χ2v) is 16.7. The fraction of sp³-hybridized carbons (Fsp3) is 0.455. The van der Waals surface area contributed by atoms with Crippen LogP contribution in [0, 0.1) is 27.7 Å². The Balaban J connectivity index is 0.796. The van der Waals surface area contributed by atoms with Gasteiger partial charge in [0.2, 0.25) is 11.9 Å². The number of anilines is 5. The Morgan fingerprint density at radius 3 is 2.33 bits per heavy atom. The molecule has 0 spiro atoms. The van der Waals surface area contributed by atoms with Crippen molar-refractivity contribution in [1.29, 1.82) is 0 Å². The molecule has 1 aliphatic carbocycles. The molecule has 1 saturated heterocycles. The molecule has 17 heteroatoms. The minimum Gasteiger partial charge on any atom is -0.383 e. The van der Waals surface area contributed by atoms with Crippen molar-refractivity contribution in [3.8, 4) is 0 Å². The summed E-state index contributed by atoms with van der Waals surface area (Å²) in [5.41, 5.74) is 5.20. The van der Waals surface area contributed by atoms with Crippen molar-refractivity contribution < 1.29 is 23.9 Å². The first-order valence-electron chi connectivity index (χ1n) is 20.9. The van der Waals surface area contributed by atoms with Gasteiger partial charge in [-0.15, -0.1) is 11.3 Å². The molecule has 2 amide bonds. The molecule has 2 fully saturated rings. The SMILES string of the molecule is CC(=O)c1c(C)c2cnc(Nc3ccc(N4CCN(C(=O)CCOCCOCCNc5ccc(C)c(C(=O)Nc6nc(C)c(C)s6)c5)CC4)cn3)nc2n(C2CCCC2)c1=O. The van der Waals surface area contributed by atoms with Crippen molar-refractivity contribution in [3.05, 3.63) is 85.9 Å². The van der Waals surface area contributed by atoms with Crippen molar-refractivity contribution in [2.24, 2.45) is 0 Å². The molecular formula is C44H54N10O6S. The zero-order valence-corrected chi connectivity index (χ0v) is 36.3. The zero-order chi connectivity index (χ0) is 43.0. The number of nitrogens with zero attached hydrogens (tertiary/aromatic N) is 7. The highest BCUT2D eigenvalue weighted by atomic mass is 32.1. The molecule has 2 aliphatic rings. The first-order valence-corrected chi connectivity index (χ1v) is 21.7. The lowest BCUT2D eigenvalue weighted by molar-refractivity contribution is -0.132. The Hall–Kier alpha value is -5.78. The third-order valence-electron chi connectivity index (χ3n) is 11.4. The number of carbonyl (C=O) groups excluding carboxylic acids is 3. The van der Waals surface area contributed by atoms with E-state index in [1.807, 2.05) is 56.0 Å². The highest BCUT2D eigenvalue weighted by molar-refractivity contribution is 7.15. The summed E-state index contributed by atoms with van der Waals surface area (Å²) in [6, 6.07) is 9.52. The summed E-state index contributed by atoms with van der Waals surface area (Å²) in [5.74, 6) is 0.498. The number of Topliss-reactive ketones (excluding diaryl/α,β-unsaturated/α-hetero) is 1. The summed E-state index contributed by atoms with van der Waals surface area (Å²) in [6.45, 7) is 13.7. The van der Waals surface area contributed by atoms with Crippen LogP contribution in [-0.4, -0.2) is 106 Å². The monoisotopic (exact) mass is 850 g/mol. The summed E-state index contributed by atoms with van der Waals surface area (Å²) in [7, 11) is 0. The van der Waals surface area contributed by atoms with Gasteiger partial charge >= 0.3 is 0 Å². The van der Waals surface area contributed by atoms with E-state index in [4.69, 9.17) is 14.5 Å². The number of hydrogen-bond donors (Lipinski definition) is 3. The fourth-order valence-corrected chi connectivity index (χ4v) is 8.67. The van der Waals surface area contributed by atoms with E-state index < -0.39 is 0 Å². The smallest absolute Gasteiger partial charge is 0.263 e. The normalized spacial score (nSPS) is 14.4. The summed E-state index contributed by atoms with van der Waals surface area (Å²) in [5, 5.41) is 10.7. The quantitative estimate of drug-likeness (QED) is 0.0693. The number of benzene rings is 1. The van der Waals surface area contributed by atoms with Gasteiger partial charge in [0.1, 0.15) is 11.5 Å². The number of hydrogen-bond acceptors (Lipinski definition) is 14. The number of aryl methyl sites for hydroxylation is 4. The van der Waals surface area contributed by atoms with Gasteiger partial charge in [-0.25, -0.2) is 15.0 Å². The molecule has 5 heterocycles. The summed E-state index contributed by atoms with van der Waals surface area (Å²) in [4.78, 5) is 75.2. The summed E-state index contributed by atoms with van der Waals surface area (Å²) < 4.78 is 13.1. The lowest BCUT2D eigenvalue weighted by atomic mass is 10.0. The van der Waals surface area contributed by atoms with Crippen LogP contribution in [0.3, 0.4) is 0 Å². The summed E-state index contributed by atoms with van der Waals surface area (Å²) >= 11 is 1.46. The molecule has 61 heavy (non-hydrogen) atoms. The number of nitrogens with one attached hydrogen (secondary N) is 3. The van der Waals surface area contributed by atoms with Crippen LogP contribution in [0.5, 0.6) is 0 Å². The van der Waals surface area contributed by atoms with Crippen LogP contribution in [0.15, 0.2) is 47.5 Å². The van der Waals surface area contributed by atoms with Crippen molar-refractivity contribution >= 4 is 68.2 Å². The van der Waals surface area contributed by atoms with Crippen LogP contribution >= 0.6 is 11.3 Å². The maximum absolute atomic E-state index is 13.5. The largest absolute Gasteiger partial charge is 0.383 e. The topological polar surface area (TPSA) is 186 Å². The van der Waals surface area contributed by atoms with E-state index in [-0.39, 0.29) is 34.8 Å². The molecule has 322 valence electrons. The molecule has 0 unspecified atom stereocenters. The number of amides is 2. The number of ketones is 1. The van der Waals surface area contributed by atoms with E-state index in [1.165, 1.54) is 18.3 Å². The van der Waals surface area contributed by atoms with Gasteiger partial charge in [0.15, 0.2) is 10.9 Å². The minimum absolute atomic E-state index is 0.00200. The molecule has 1 aliphatic heterocycles. The van der Waals surface area contributed by atoms with E-state index in [0.29, 0.717) is 105 Å². The Bertz CT molecular complexity index is 2420. The molecular weight excluding hydrogens is 797 g/mol. The lowest BCUT2D eigenvalue weighted by Gasteiger charge is -2.36. The van der Waals surface area contributed by atoms with Crippen LogP contribution < -0.4 is 26.4 Å². The van der Waals surface area contributed by atoms with E-state index >= 15 is 0 Å². The van der Waals surface area contributed by atoms with Gasteiger partial charge in [0, 0.05) is 66.5 Å². The van der Waals surface area contributed by atoms with Crippen LogP contribution in [-0.2, 0) is 14.3 Å². The van der Waals surface area contributed by atoms with Crippen LogP contribution in [0.1, 0.15) is 87.5 Å². The average Bonchev–Trinajstić information content (AvgIpc) is 3.89. The van der Waals surface area contributed by atoms with Gasteiger partial charge in [-0.1, -0.05) is 18.9 Å². The number of pyridine rings is 2. The van der Waals surface area contributed by atoms with Gasteiger partial charge < -0.3 is 29.9 Å². The van der Waals surface area contributed by atoms with E-state index in [0.717, 1.165) is 53.2 Å². The Morgan fingerprint density at radius 1 is 0.885 bits per heavy atom. The van der Waals surface area contributed by atoms with Gasteiger partial charge in [-0.3, -0.25) is 29.1 Å². The predicted octanol–water partition coefficient (Wildman–Crippen LogP) is 6.37. The van der Waals surface area contributed by atoms with Gasteiger partial charge in [-0.05, 0) is 82.9 Å². The highest BCUT2D eigenvalue weighted by Gasteiger charge is 2.26. The second-order valence-electron chi connectivity index (χ2n) is 15.5. The van der Waals surface area contributed by atoms with Crippen LogP contribution in [0.2, 0.25) is 0 Å². The average molecular weight is 851 g/mol. The van der Waals surface area contributed by atoms with Crippen molar-refractivity contribution in [3.63, 3.8) is 0 Å². The molecule has 16 nitrogen and oxygen atoms in total. The molecule has 0 atom stereocenters. The Labute approximate surface area is 359 Å². The van der Waals surface area contributed by atoms with E-state index in [2.05, 4.69) is 35.8 Å². The first-order chi connectivity index (χ1) is 29.5. The van der Waals surface area contributed by atoms with Crippen molar-refractivity contribution in [2.45, 2.75) is 72.8 Å². The molecule has 7 rings (SSSR count). The predicted molar refractivity (Wildman–Crippen MR) is 238 cm³/mol. The second kappa shape index (κ2) is 19.7.